The lowest BCUT2D eigenvalue weighted by Crippen LogP contribution is -2.61. The molecular weight excluding hydrogens is 500 g/mol. The molecule has 2 amide bonds. The zero-order valence-electron chi connectivity index (χ0n) is 22.3. The van der Waals surface area contributed by atoms with Crippen molar-refractivity contribution in [2.75, 3.05) is 17.3 Å². The summed E-state index contributed by atoms with van der Waals surface area (Å²) in [6, 6.07) is 15.0. The number of aromatic nitrogens is 1. The Morgan fingerprint density at radius 2 is 1.67 bits per heavy atom. The second kappa shape index (κ2) is 11.5. The van der Waals surface area contributed by atoms with E-state index in [1.54, 1.807) is 24.3 Å². The van der Waals surface area contributed by atoms with Crippen LogP contribution in [0.2, 0.25) is 0 Å². The predicted octanol–water partition coefficient (Wildman–Crippen LogP) is 4.76. The van der Waals surface area contributed by atoms with Gasteiger partial charge >= 0.3 is 11.2 Å². The maximum absolute atomic E-state index is 14.2. The zero-order chi connectivity index (χ0) is 28.2. The first-order valence-corrected chi connectivity index (χ1v) is 12.9. The van der Waals surface area contributed by atoms with Crippen LogP contribution in [0.5, 0.6) is 5.75 Å². The van der Waals surface area contributed by atoms with E-state index in [1.807, 2.05) is 32.0 Å². The second-order valence-corrected chi connectivity index (χ2v) is 9.82. The highest BCUT2D eigenvalue weighted by molar-refractivity contribution is 6.08. The molecule has 1 aromatic heterocycles. The highest BCUT2D eigenvalue weighted by Crippen LogP contribution is 2.39. The minimum atomic E-state index is -1.23. The fraction of sp³-hybridized carbons (Fsp3) is 0.345. The number of hydrogen-bond donors (Lipinski definition) is 1. The van der Waals surface area contributed by atoms with Crippen LogP contribution in [0.3, 0.4) is 0 Å². The number of nitro groups is 1. The maximum atomic E-state index is 14.2. The second-order valence-electron chi connectivity index (χ2n) is 9.82. The van der Waals surface area contributed by atoms with Gasteiger partial charge in [-0.15, -0.1) is 0 Å². The number of nitrogens with zero attached hydrogens (tertiary/aromatic N) is 3. The lowest BCUT2D eigenvalue weighted by molar-refractivity contribution is -0.386. The maximum Gasteiger partial charge on any atom is 0.334 e. The number of hydrogen-bond acceptors (Lipinski definition) is 6. The molecule has 39 heavy (non-hydrogen) atoms. The summed E-state index contributed by atoms with van der Waals surface area (Å²) in [5, 5.41) is 14.4. The topological polar surface area (TPSA) is 124 Å². The van der Waals surface area contributed by atoms with E-state index in [0.717, 1.165) is 41.0 Å². The van der Waals surface area contributed by atoms with Gasteiger partial charge in [-0.05, 0) is 68.1 Å². The molecule has 1 aliphatic carbocycles. The highest BCUT2D eigenvalue weighted by Gasteiger charge is 2.48. The molecule has 0 bridgehead atoms. The van der Waals surface area contributed by atoms with Gasteiger partial charge in [0.1, 0.15) is 17.8 Å². The molecule has 3 aromatic rings. The summed E-state index contributed by atoms with van der Waals surface area (Å²) in [5.74, 6) is -0.254. The molecule has 1 aliphatic rings. The number of para-hydroxylation sites is 1. The van der Waals surface area contributed by atoms with Gasteiger partial charge in [0, 0.05) is 23.6 Å². The quantitative estimate of drug-likeness (QED) is 0.330. The minimum Gasteiger partial charge on any atom is -0.497 e. The summed E-state index contributed by atoms with van der Waals surface area (Å²) in [6.45, 7) is 3.36. The van der Waals surface area contributed by atoms with Crippen LogP contribution in [0.4, 0.5) is 17.1 Å². The molecule has 10 nitrogen and oxygen atoms in total. The average molecular weight is 533 g/mol. The third-order valence-electron chi connectivity index (χ3n) is 7.33. The summed E-state index contributed by atoms with van der Waals surface area (Å²) >= 11 is 0. The number of amides is 2. The molecular formula is C29H32N4O6. The first-order chi connectivity index (χ1) is 18.7. The first-order valence-electron chi connectivity index (χ1n) is 12.9. The number of carbonyl (C=O) groups is 2. The molecule has 0 aliphatic heterocycles. The zero-order valence-corrected chi connectivity index (χ0v) is 22.3. The molecule has 0 atom stereocenters. The van der Waals surface area contributed by atoms with E-state index in [9.17, 15) is 24.5 Å². The van der Waals surface area contributed by atoms with Crippen molar-refractivity contribution in [1.29, 1.82) is 0 Å². The van der Waals surface area contributed by atoms with Gasteiger partial charge in [0.05, 0.1) is 12.0 Å². The summed E-state index contributed by atoms with van der Waals surface area (Å²) in [7, 11) is 1.53. The third kappa shape index (κ3) is 5.55. The Hall–Kier alpha value is -4.47. The Balaban J connectivity index is 1.81. The number of aryl methyl sites for hydroxylation is 2. The molecule has 10 heteroatoms. The SMILES string of the molecule is COc1ccc(N(C(=O)Cn2cccc([N+](=O)[O-])c2=O)C2(C(=O)Nc3c(C)cccc3C)CCCCC2)cc1. The van der Waals surface area contributed by atoms with Crippen molar-refractivity contribution in [2.45, 2.75) is 58.0 Å². The standard InChI is InChI=1S/C29H32N4O6/c1-20-9-7-10-21(2)26(20)30-28(36)29(16-5-4-6-17-29)32(22-12-14-23(39-3)15-13-22)25(34)19-31-18-8-11-24(27(31)35)33(37)38/h7-15,18H,4-6,16-17,19H2,1-3H3,(H,30,36). The van der Waals surface area contributed by atoms with Crippen LogP contribution in [0.25, 0.3) is 0 Å². The molecule has 4 rings (SSSR count). The summed E-state index contributed by atoms with van der Waals surface area (Å²) in [5.41, 5.74) is 0.231. The van der Waals surface area contributed by atoms with E-state index >= 15 is 0 Å². The van der Waals surface area contributed by atoms with Crippen LogP contribution in [0, 0.1) is 24.0 Å². The molecule has 0 spiro atoms. The van der Waals surface area contributed by atoms with E-state index in [-0.39, 0.29) is 5.91 Å². The fourth-order valence-electron chi connectivity index (χ4n) is 5.30. The van der Waals surface area contributed by atoms with Gasteiger partial charge in [-0.2, -0.15) is 0 Å². The Labute approximate surface area is 226 Å². The van der Waals surface area contributed by atoms with Crippen LogP contribution in [0.15, 0.2) is 65.6 Å². The molecule has 1 fully saturated rings. The predicted molar refractivity (Wildman–Crippen MR) is 148 cm³/mol. The average Bonchev–Trinajstić information content (AvgIpc) is 2.92. The van der Waals surface area contributed by atoms with Crippen molar-refractivity contribution in [2.24, 2.45) is 0 Å². The van der Waals surface area contributed by atoms with E-state index in [2.05, 4.69) is 5.32 Å². The van der Waals surface area contributed by atoms with Gasteiger partial charge in [0.15, 0.2) is 0 Å². The smallest absolute Gasteiger partial charge is 0.334 e. The number of carbonyl (C=O) groups excluding carboxylic acids is 2. The number of methoxy groups -OCH3 is 1. The van der Waals surface area contributed by atoms with Gasteiger partial charge in [-0.25, -0.2) is 0 Å². The number of anilines is 2. The minimum absolute atomic E-state index is 0.310. The van der Waals surface area contributed by atoms with Crippen molar-refractivity contribution >= 4 is 28.9 Å². The monoisotopic (exact) mass is 532 g/mol. The Morgan fingerprint density at radius 1 is 1.03 bits per heavy atom. The van der Waals surface area contributed by atoms with Crippen LogP contribution < -0.4 is 20.5 Å². The molecule has 204 valence electrons. The normalized spacial score (nSPS) is 14.3. The Morgan fingerprint density at radius 3 is 2.26 bits per heavy atom. The number of nitrogens with one attached hydrogen (secondary N) is 1. The van der Waals surface area contributed by atoms with Gasteiger partial charge in [0.2, 0.25) is 5.91 Å². The van der Waals surface area contributed by atoms with Crippen LogP contribution in [-0.2, 0) is 16.1 Å². The van der Waals surface area contributed by atoms with Crippen molar-refractivity contribution in [1.82, 2.24) is 4.57 Å². The Bertz CT molecular complexity index is 1420. The lowest BCUT2D eigenvalue weighted by Gasteiger charge is -2.45. The van der Waals surface area contributed by atoms with Crippen LogP contribution in [-0.4, -0.2) is 34.0 Å². The van der Waals surface area contributed by atoms with E-state index < -0.39 is 34.2 Å². The highest BCUT2D eigenvalue weighted by atomic mass is 16.6. The third-order valence-corrected chi connectivity index (χ3v) is 7.33. The van der Waals surface area contributed by atoms with Crippen molar-refractivity contribution in [3.05, 3.63) is 92.4 Å². The summed E-state index contributed by atoms with van der Waals surface area (Å²) < 4.78 is 6.30. The molecule has 0 saturated heterocycles. The molecule has 1 N–H and O–H groups in total. The van der Waals surface area contributed by atoms with Crippen molar-refractivity contribution in [3.63, 3.8) is 0 Å². The van der Waals surface area contributed by atoms with Crippen LogP contribution >= 0.6 is 0 Å². The van der Waals surface area contributed by atoms with Gasteiger partial charge in [0.25, 0.3) is 5.91 Å². The Kier molecular flexibility index (Phi) is 8.13. The molecule has 0 unspecified atom stereocenters. The van der Waals surface area contributed by atoms with Gasteiger partial charge in [-0.1, -0.05) is 37.5 Å². The number of benzene rings is 2. The molecule has 1 saturated carbocycles. The molecule has 1 heterocycles. The number of pyridine rings is 1. The van der Waals surface area contributed by atoms with Crippen molar-refractivity contribution in [3.8, 4) is 5.75 Å². The van der Waals surface area contributed by atoms with Crippen molar-refractivity contribution < 1.29 is 19.2 Å². The molecule has 0 radical (unpaired) electrons. The number of rotatable bonds is 8. The van der Waals surface area contributed by atoms with Gasteiger partial charge in [-0.3, -0.25) is 29.4 Å². The summed E-state index contributed by atoms with van der Waals surface area (Å²) in [4.78, 5) is 53.1. The largest absolute Gasteiger partial charge is 0.497 e. The first kappa shape index (κ1) is 27.6. The summed E-state index contributed by atoms with van der Waals surface area (Å²) in [6.07, 6.45) is 4.57. The van der Waals surface area contributed by atoms with E-state index in [4.69, 9.17) is 4.74 Å². The number of ether oxygens (including phenoxy) is 1. The van der Waals surface area contributed by atoms with E-state index in [1.165, 1.54) is 24.3 Å². The van der Waals surface area contributed by atoms with Gasteiger partial charge < -0.3 is 14.6 Å². The van der Waals surface area contributed by atoms with Crippen LogP contribution in [0.1, 0.15) is 43.2 Å². The lowest BCUT2D eigenvalue weighted by atomic mass is 9.78. The van der Waals surface area contributed by atoms with E-state index in [0.29, 0.717) is 30.0 Å². The fourth-order valence-corrected chi connectivity index (χ4v) is 5.30. The molecule has 2 aromatic carbocycles.